The second-order valence-electron chi connectivity index (χ2n) is 6.91. The molecule has 26 heavy (non-hydrogen) atoms. The van der Waals surface area contributed by atoms with E-state index in [1.54, 1.807) is 0 Å². The number of hydrogen-bond donors (Lipinski definition) is 2. The van der Waals surface area contributed by atoms with Gasteiger partial charge in [-0.05, 0) is 42.7 Å². The standard InChI is InChI=1S/C21H24N2O3/c1-14-8-9-18(10-15(14)2)22-20(24)13-23-12-17-7-5-4-6-16(17)11-19(23)21(25)26-3/h4-10,19H,11-13H2,1-3H3,(H,22,24)/p+1/t19-/m1/s1. The van der Waals surface area contributed by atoms with Gasteiger partial charge in [0, 0.05) is 17.7 Å². The number of benzene rings is 2. The Kier molecular flexibility index (Phi) is 5.38. The molecule has 1 amide bonds. The highest BCUT2D eigenvalue weighted by atomic mass is 16.5. The number of rotatable bonds is 4. The van der Waals surface area contributed by atoms with Crippen LogP contribution in [-0.2, 0) is 27.3 Å². The van der Waals surface area contributed by atoms with Gasteiger partial charge in [-0.2, -0.15) is 0 Å². The Bertz CT molecular complexity index is 832. The van der Waals surface area contributed by atoms with Crippen LogP contribution >= 0.6 is 0 Å². The van der Waals surface area contributed by atoms with E-state index in [0.717, 1.165) is 21.7 Å². The van der Waals surface area contributed by atoms with Crippen molar-refractivity contribution in [3.8, 4) is 0 Å². The summed E-state index contributed by atoms with van der Waals surface area (Å²) in [6.45, 7) is 4.92. The molecule has 0 radical (unpaired) electrons. The first-order chi connectivity index (χ1) is 12.5. The Morgan fingerprint density at radius 2 is 1.85 bits per heavy atom. The van der Waals surface area contributed by atoms with Gasteiger partial charge in [-0.15, -0.1) is 0 Å². The van der Waals surface area contributed by atoms with Gasteiger partial charge in [-0.25, -0.2) is 4.79 Å². The lowest BCUT2D eigenvalue weighted by molar-refractivity contribution is -0.924. The monoisotopic (exact) mass is 353 g/mol. The molecule has 0 aromatic heterocycles. The number of amides is 1. The van der Waals surface area contributed by atoms with E-state index in [1.807, 2.05) is 50.2 Å². The molecule has 5 heteroatoms. The maximum Gasteiger partial charge on any atom is 0.365 e. The third-order valence-corrected chi connectivity index (χ3v) is 5.12. The first-order valence-electron chi connectivity index (χ1n) is 8.84. The highest BCUT2D eigenvalue weighted by molar-refractivity contribution is 5.91. The van der Waals surface area contributed by atoms with Gasteiger partial charge in [0.1, 0.15) is 6.54 Å². The minimum Gasteiger partial charge on any atom is -0.465 e. The number of carbonyl (C=O) groups is 2. The SMILES string of the molecule is COC(=O)[C@H]1Cc2ccccc2C[NH+]1CC(=O)Nc1ccc(C)c(C)c1. The zero-order valence-electron chi connectivity index (χ0n) is 15.5. The normalized spacial score (nSPS) is 18.7. The highest BCUT2D eigenvalue weighted by Gasteiger charge is 2.37. The van der Waals surface area contributed by atoms with E-state index in [0.29, 0.717) is 13.0 Å². The van der Waals surface area contributed by atoms with Gasteiger partial charge >= 0.3 is 5.97 Å². The number of nitrogens with one attached hydrogen (secondary N) is 2. The number of quaternary nitrogens is 1. The number of hydrogen-bond acceptors (Lipinski definition) is 3. The fraction of sp³-hybridized carbons (Fsp3) is 0.333. The predicted octanol–water partition coefficient (Wildman–Crippen LogP) is 1.42. The summed E-state index contributed by atoms with van der Waals surface area (Å²) >= 11 is 0. The van der Waals surface area contributed by atoms with Crippen LogP contribution in [0.3, 0.4) is 0 Å². The molecule has 2 atom stereocenters. The Morgan fingerprint density at radius 3 is 2.54 bits per heavy atom. The van der Waals surface area contributed by atoms with Crippen molar-refractivity contribution in [1.82, 2.24) is 0 Å². The van der Waals surface area contributed by atoms with Gasteiger partial charge in [0.05, 0.1) is 7.11 Å². The Labute approximate surface area is 154 Å². The first-order valence-corrected chi connectivity index (χ1v) is 8.84. The average molecular weight is 353 g/mol. The van der Waals surface area contributed by atoms with Crippen LogP contribution in [0.25, 0.3) is 0 Å². The molecule has 1 unspecified atom stereocenters. The lowest BCUT2D eigenvalue weighted by Gasteiger charge is -2.31. The largest absolute Gasteiger partial charge is 0.465 e. The highest BCUT2D eigenvalue weighted by Crippen LogP contribution is 2.15. The van der Waals surface area contributed by atoms with Crippen molar-refractivity contribution >= 4 is 17.6 Å². The summed E-state index contributed by atoms with van der Waals surface area (Å²) in [4.78, 5) is 25.7. The number of esters is 1. The third kappa shape index (κ3) is 3.94. The second kappa shape index (κ2) is 7.70. The van der Waals surface area contributed by atoms with E-state index >= 15 is 0 Å². The summed E-state index contributed by atoms with van der Waals surface area (Å²) in [7, 11) is 1.40. The fourth-order valence-corrected chi connectivity index (χ4v) is 3.47. The van der Waals surface area contributed by atoms with Crippen LogP contribution < -0.4 is 10.2 Å². The molecule has 0 bridgehead atoms. The molecule has 2 aromatic carbocycles. The van der Waals surface area contributed by atoms with Crippen LogP contribution in [0.4, 0.5) is 5.69 Å². The summed E-state index contributed by atoms with van der Waals surface area (Å²) in [5.41, 5.74) is 5.44. The number of ether oxygens (including phenoxy) is 1. The Balaban J connectivity index is 1.74. The lowest BCUT2D eigenvalue weighted by Crippen LogP contribution is -3.17. The molecule has 0 aliphatic carbocycles. The molecule has 2 aromatic rings. The first kappa shape index (κ1) is 18.1. The van der Waals surface area contributed by atoms with Crippen molar-refractivity contribution < 1.29 is 19.2 Å². The van der Waals surface area contributed by atoms with Crippen molar-refractivity contribution in [3.05, 3.63) is 64.7 Å². The molecular weight excluding hydrogens is 328 g/mol. The molecule has 0 saturated carbocycles. The molecule has 5 nitrogen and oxygen atoms in total. The molecule has 0 saturated heterocycles. The number of carbonyl (C=O) groups excluding carboxylic acids is 2. The van der Waals surface area contributed by atoms with Crippen LogP contribution in [0.2, 0.25) is 0 Å². The molecule has 136 valence electrons. The van der Waals surface area contributed by atoms with E-state index in [2.05, 4.69) is 11.4 Å². The molecular formula is C21H25N2O3+. The average Bonchev–Trinajstić information content (AvgIpc) is 2.63. The Morgan fingerprint density at radius 1 is 1.12 bits per heavy atom. The van der Waals surface area contributed by atoms with Crippen LogP contribution in [0.15, 0.2) is 42.5 Å². The van der Waals surface area contributed by atoms with Crippen molar-refractivity contribution in [1.29, 1.82) is 0 Å². The summed E-state index contributed by atoms with van der Waals surface area (Å²) in [5, 5.41) is 2.95. The minimum absolute atomic E-state index is 0.100. The van der Waals surface area contributed by atoms with Crippen molar-refractivity contribution in [2.75, 3.05) is 19.0 Å². The number of aryl methyl sites for hydroxylation is 2. The summed E-state index contributed by atoms with van der Waals surface area (Å²) < 4.78 is 4.97. The van der Waals surface area contributed by atoms with Crippen LogP contribution in [0.1, 0.15) is 22.3 Å². The van der Waals surface area contributed by atoms with Gasteiger partial charge in [0.15, 0.2) is 12.6 Å². The van der Waals surface area contributed by atoms with Gasteiger partial charge in [0.25, 0.3) is 5.91 Å². The van der Waals surface area contributed by atoms with Crippen molar-refractivity contribution in [2.45, 2.75) is 32.9 Å². The van der Waals surface area contributed by atoms with Gasteiger partial charge < -0.3 is 15.0 Å². The molecule has 1 aliphatic rings. The second-order valence-corrected chi connectivity index (χ2v) is 6.91. The smallest absolute Gasteiger partial charge is 0.365 e. The van der Waals surface area contributed by atoms with E-state index in [4.69, 9.17) is 4.74 Å². The maximum atomic E-state index is 12.6. The summed E-state index contributed by atoms with van der Waals surface area (Å²) in [5.74, 6) is -0.370. The van der Waals surface area contributed by atoms with E-state index in [-0.39, 0.29) is 24.5 Å². The maximum absolute atomic E-state index is 12.6. The van der Waals surface area contributed by atoms with E-state index in [9.17, 15) is 9.59 Å². The van der Waals surface area contributed by atoms with Crippen molar-refractivity contribution in [3.63, 3.8) is 0 Å². The fourth-order valence-electron chi connectivity index (χ4n) is 3.47. The van der Waals surface area contributed by atoms with Crippen LogP contribution in [0.5, 0.6) is 0 Å². The van der Waals surface area contributed by atoms with Gasteiger partial charge in [-0.1, -0.05) is 30.3 Å². The van der Waals surface area contributed by atoms with E-state index < -0.39 is 0 Å². The molecule has 0 fully saturated rings. The zero-order valence-corrected chi connectivity index (χ0v) is 15.5. The van der Waals surface area contributed by atoms with Crippen LogP contribution in [-0.4, -0.2) is 31.6 Å². The summed E-state index contributed by atoms with van der Waals surface area (Å²) in [6, 6.07) is 13.6. The quantitative estimate of drug-likeness (QED) is 0.818. The Hall–Kier alpha value is -2.66. The molecule has 1 aliphatic heterocycles. The molecule has 0 spiro atoms. The molecule has 2 N–H and O–H groups in total. The topological polar surface area (TPSA) is 59.8 Å². The van der Waals surface area contributed by atoms with Crippen molar-refractivity contribution in [2.24, 2.45) is 0 Å². The van der Waals surface area contributed by atoms with Gasteiger partial charge in [0.2, 0.25) is 0 Å². The lowest BCUT2D eigenvalue weighted by atomic mass is 9.94. The summed E-state index contributed by atoms with van der Waals surface area (Å²) in [6.07, 6.45) is 0.592. The molecule has 3 rings (SSSR count). The third-order valence-electron chi connectivity index (χ3n) is 5.12. The number of methoxy groups -OCH3 is 1. The predicted molar refractivity (Wildman–Crippen MR) is 100 cm³/mol. The minimum atomic E-state index is -0.361. The molecule has 1 heterocycles. The zero-order chi connectivity index (χ0) is 18.7. The van der Waals surface area contributed by atoms with E-state index in [1.165, 1.54) is 18.2 Å². The number of fused-ring (bicyclic) bond motifs is 1. The van der Waals surface area contributed by atoms with Crippen LogP contribution in [0, 0.1) is 13.8 Å². The number of anilines is 1. The van der Waals surface area contributed by atoms with Gasteiger partial charge in [-0.3, -0.25) is 4.79 Å².